The van der Waals surface area contributed by atoms with E-state index in [-0.39, 0.29) is 11.9 Å². The van der Waals surface area contributed by atoms with Gasteiger partial charge in [0.05, 0.1) is 6.04 Å². The number of hydrogen-bond acceptors (Lipinski definition) is 3. The average Bonchev–Trinajstić information content (AvgIpc) is 2.77. The van der Waals surface area contributed by atoms with E-state index in [0.717, 1.165) is 17.7 Å². The Kier molecular flexibility index (Phi) is 5.20. The van der Waals surface area contributed by atoms with Gasteiger partial charge < -0.3 is 14.6 Å². The lowest BCUT2D eigenvalue weighted by atomic mass is 10.1. The van der Waals surface area contributed by atoms with E-state index in [0.29, 0.717) is 10.4 Å². The van der Waals surface area contributed by atoms with E-state index < -0.39 is 0 Å². The summed E-state index contributed by atoms with van der Waals surface area (Å²) >= 11 is 3.25. The normalized spacial score (nSPS) is 12.4. The highest BCUT2D eigenvalue weighted by Crippen LogP contribution is 2.21. The SMILES string of the molecule is Cc1cc(Br)oc1C(=O)NC(CN(C)C)c1ccccc1. The van der Waals surface area contributed by atoms with Crippen molar-refractivity contribution in [3.05, 3.63) is 58.0 Å². The molecule has 4 nitrogen and oxygen atoms in total. The maximum absolute atomic E-state index is 12.4. The molecule has 112 valence electrons. The fourth-order valence-corrected chi connectivity index (χ4v) is 2.68. The molecule has 2 rings (SSSR count). The van der Waals surface area contributed by atoms with Gasteiger partial charge in [-0.15, -0.1) is 0 Å². The maximum atomic E-state index is 12.4. The lowest BCUT2D eigenvalue weighted by Gasteiger charge is -2.22. The predicted molar refractivity (Wildman–Crippen MR) is 86.3 cm³/mol. The lowest BCUT2D eigenvalue weighted by molar-refractivity contribution is 0.0899. The summed E-state index contributed by atoms with van der Waals surface area (Å²) in [6, 6.07) is 11.6. The van der Waals surface area contributed by atoms with E-state index in [1.807, 2.05) is 56.3 Å². The highest BCUT2D eigenvalue weighted by atomic mass is 79.9. The molecule has 0 aliphatic carbocycles. The van der Waals surface area contributed by atoms with Crippen LogP contribution in [0.15, 0.2) is 45.5 Å². The van der Waals surface area contributed by atoms with Crippen molar-refractivity contribution in [2.24, 2.45) is 0 Å². The molecule has 1 aromatic heterocycles. The first-order valence-corrected chi connectivity index (χ1v) is 7.53. The minimum Gasteiger partial charge on any atom is -0.444 e. The van der Waals surface area contributed by atoms with Crippen molar-refractivity contribution < 1.29 is 9.21 Å². The Bertz CT molecular complexity index is 608. The zero-order valence-electron chi connectivity index (χ0n) is 12.4. The van der Waals surface area contributed by atoms with E-state index >= 15 is 0 Å². The quantitative estimate of drug-likeness (QED) is 0.898. The second-order valence-electron chi connectivity index (χ2n) is 5.26. The monoisotopic (exact) mass is 350 g/mol. The summed E-state index contributed by atoms with van der Waals surface area (Å²) in [5, 5.41) is 3.04. The number of rotatable bonds is 5. The Morgan fingerprint density at radius 3 is 2.52 bits per heavy atom. The Hall–Kier alpha value is -1.59. The Morgan fingerprint density at radius 2 is 2.00 bits per heavy atom. The van der Waals surface area contributed by atoms with Crippen LogP contribution in [0.25, 0.3) is 0 Å². The van der Waals surface area contributed by atoms with Crippen LogP contribution < -0.4 is 5.32 Å². The van der Waals surface area contributed by atoms with Gasteiger partial charge in [-0.2, -0.15) is 0 Å². The van der Waals surface area contributed by atoms with Crippen molar-refractivity contribution in [3.8, 4) is 0 Å². The van der Waals surface area contributed by atoms with Gasteiger partial charge >= 0.3 is 0 Å². The number of nitrogens with one attached hydrogen (secondary N) is 1. The largest absolute Gasteiger partial charge is 0.444 e. The first kappa shape index (κ1) is 15.8. The molecule has 1 heterocycles. The summed E-state index contributed by atoms with van der Waals surface area (Å²) in [7, 11) is 3.97. The number of amides is 1. The molecule has 0 aliphatic rings. The maximum Gasteiger partial charge on any atom is 0.287 e. The van der Waals surface area contributed by atoms with Gasteiger partial charge in [-0.3, -0.25) is 4.79 Å². The first-order chi connectivity index (χ1) is 9.97. The average molecular weight is 351 g/mol. The topological polar surface area (TPSA) is 45.5 Å². The summed E-state index contributed by atoms with van der Waals surface area (Å²) in [5.74, 6) is 0.149. The second-order valence-corrected chi connectivity index (χ2v) is 6.04. The number of halogens is 1. The van der Waals surface area contributed by atoms with E-state index in [1.165, 1.54) is 0 Å². The predicted octanol–water partition coefficient (Wildman–Crippen LogP) is 3.38. The van der Waals surface area contributed by atoms with Crippen molar-refractivity contribution in [1.29, 1.82) is 0 Å². The molecule has 0 spiro atoms. The number of hydrogen-bond donors (Lipinski definition) is 1. The summed E-state index contributed by atoms with van der Waals surface area (Å²) in [6.07, 6.45) is 0. The number of benzene rings is 1. The van der Waals surface area contributed by atoms with Gasteiger partial charge in [0, 0.05) is 12.1 Å². The Balaban J connectivity index is 2.19. The number of carbonyl (C=O) groups excluding carboxylic acids is 1. The summed E-state index contributed by atoms with van der Waals surface area (Å²) in [4.78, 5) is 14.4. The van der Waals surface area contributed by atoms with Gasteiger partial charge in [-0.05, 0) is 48.6 Å². The van der Waals surface area contributed by atoms with Crippen molar-refractivity contribution in [2.75, 3.05) is 20.6 Å². The molecule has 1 unspecified atom stereocenters. The lowest BCUT2D eigenvalue weighted by Crippen LogP contribution is -2.35. The van der Waals surface area contributed by atoms with Gasteiger partial charge in [0.15, 0.2) is 10.4 Å². The molecule has 2 aromatic rings. The number of likely N-dealkylation sites (N-methyl/N-ethyl adjacent to an activating group) is 1. The molecule has 5 heteroatoms. The molecule has 0 bridgehead atoms. The van der Waals surface area contributed by atoms with Crippen molar-refractivity contribution >= 4 is 21.8 Å². The second kappa shape index (κ2) is 6.91. The van der Waals surface area contributed by atoms with Gasteiger partial charge in [0.1, 0.15) is 0 Å². The van der Waals surface area contributed by atoms with Gasteiger partial charge in [0.2, 0.25) is 0 Å². The summed E-state index contributed by atoms with van der Waals surface area (Å²) in [6.45, 7) is 2.57. The van der Waals surface area contributed by atoms with Crippen LogP contribution in [0.3, 0.4) is 0 Å². The molecule has 0 aliphatic heterocycles. The van der Waals surface area contributed by atoms with Crippen LogP contribution >= 0.6 is 15.9 Å². The number of aryl methyl sites for hydroxylation is 1. The molecule has 1 atom stereocenters. The highest BCUT2D eigenvalue weighted by Gasteiger charge is 2.20. The zero-order valence-corrected chi connectivity index (χ0v) is 14.0. The smallest absolute Gasteiger partial charge is 0.287 e. The highest BCUT2D eigenvalue weighted by molar-refractivity contribution is 9.10. The molecule has 0 saturated carbocycles. The standard InChI is InChI=1S/C16H19BrN2O2/c1-11-9-14(17)21-15(11)16(20)18-13(10-19(2)3)12-7-5-4-6-8-12/h4-9,13H,10H2,1-3H3,(H,18,20). The third kappa shape index (κ3) is 4.19. The molecule has 21 heavy (non-hydrogen) atoms. The molecule has 1 aromatic carbocycles. The van der Waals surface area contributed by atoms with Crippen LogP contribution in [0, 0.1) is 6.92 Å². The molecule has 0 saturated heterocycles. The third-order valence-electron chi connectivity index (χ3n) is 3.15. The first-order valence-electron chi connectivity index (χ1n) is 6.74. The molecule has 1 N–H and O–H groups in total. The van der Waals surface area contributed by atoms with Crippen molar-refractivity contribution in [2.45, 2.75) is 13.0 Å². The number of furan rings is 1. The summed E-state index contributed by atoms with van der Waals surface area (Å²) < 4.78 is 5.97. The van der Waals surface area contributed by atoms with Crippen molar-refractivity contribution in [3.63, 3.8) is 0 Å². The van der Waals surface area contributed by atoms with Gasteiger partial charge in [0.25, 0.3) is 5.91 Å². The Labute approximate surface area is 133 Å². The minimum atomic E-state index is -0.200. The van der Waals surface area contributed by atoms with Gasteiger partial charge in [-0.1, -0.05) is 30.3 Å². The number of carbonyl (C=O) groups is 1. The van der Waals surface area contributed by atoms with Crippen LogP contribution in [-0.4, -0.2) is 31.4 Å². The van der Waals surface area contributed by atoms with Crippen LogP contribution in [0.1, 0.15) is 27.7 Å². The van der Waals surface area contributed by atoms with Crippen LogP contribution in [0.2, 0.25) is 0 Å². The molecular weight excluding hydrogens is 332 g/mol. The summed E-state index contributed by atoms with van der Waals surface area (Å²) in [5.41, 5.74) is 1.89. The van der Waals surface area contributed by atoms with E-state index in [4.69, 9.17) is 4.42 Å². The fraction of sp³-hybridized carbons (Fsp3) is 0.312. The van der Waals surface area contributed by atoms with E-state index in [9.17, 15) is 4.79 Å². The third-order valence-corrected chi connectivity index (χ3v) is 3.54. The number of nitrogens with zero attached hydrogens (tertiary/aromatic N) is 1. The van der Waals surface area contributed by atoms with Gasteiger partial charge in [-0.25, -0.2) is 0 Å². The molecule has 0 radical (unpaired) electrons. The van der Waals surface area contributed by atoms with Crippen LogP contribution in [0.5, 0.6) is 0 Å². The molecular formula is C16H19BrN2O2. The van der Waals surface area contributed by atoms with E-state index in [2.05, 4.69) is 21.2 Å². The van der Waals surface area contributed by atoms with E-state index in [1.54, 1.807) is 6.07 Å². The van der Waals surface area contributed by atoms with Crippen LogP contribution in [-0.2, 0) is 0 Å². The fourth-order valence-electron chi connectivity index (χ4n) is 2.18. The molecule has 0 fully saturated rings. The Morgan fingerprint density at radius 1 is 1.33 bits per heavy atom. The minimum absolute atomic E-state index is 0.0861. The van der Waals surface area contributed by atoms with Crippen molar-refractivity contribution in [1.82, 2.24) is 10.2 Å². The molecule has 1 amide bonds. The zero-order chi connectivity index (χ0) is 15.4. The van der Waals surface area contributed by atoms with Crippen LogP contribution in [0.4, 0.5) is 0 Å².